The van der Waals surface area contributed by atoms with Gasteiger partial charge in [0.25, 0.3) is 0 Å². The molecule has 1 rings (SSSR count). The maximum Gasteiger partial charge on any atom is 0.315 e. The van der Waals surface area contributed by atoms with Crippen LogP contribution < -0.4 is 10.6 Å². The highest BCUT2D eigenvalue weighted by atomic mass is 16.5. The standard InChI is InChI=1S/C12H22N2O4/c1-18-8-4-7-13-11(17)14-12(9-10(15)16)5-2-3-6-12/h2-9H2,1H3,(H,15,16)(H2,13,14,17). The Bertz CT molecular complexity index is 288. The van der Waals surface area contributed by atoms with Gasteiger partial charge in [-0.1, -0.05) is 12.8 Å². The Morgan fingerprint density at radius 1 is 1.33 bits per heavy atom. The first kappa shape index (κ1) is 14.8. The predicted molar refractivity (Wildman–Crippen MR) is 66.5 cm³/mol. The molecule has 1 aliphatic rings. The van der Waals surface area contributed by atoms with Crippen molar-refractivity contribution in [3.8, 4) is 0 Å². The van der Waals surface area contributed by atoms with E-state index in [1.54, 1.807) is 7.11 Å². The molecule has 0 heterocycles. The second-order valence-corrected chi connectivity index (χ2v) is 4.79. The van der Waals surface area contributed by atoms with Gasteiger partial charge in [0.05, 0.1) is 12.0 Å². The maximum absolute atomic E-state index is 11.7. The normalized spacial score (nSPS) is 17.4. The van der Waals surface area contributed by atoms with Crippen molar-refractivity contribution in [3.05, 3.63) is 0 Å². The van der Waals surface area contributed by atoms with E-state index in [2.05, 4.69) is 10.6 Å². The number of urea groups is 1. The van der Waals surface area contributed by atoms with Crippen LogP contribution in [0.2, 0.25) is 0 Å². The Hall–Kier alpha value is -1.30. The highest BCUT2D eigenvalue weighted by Crippen LogP contribution is 2.32. The molecule has 6 nitrogen and oxygen atoms in total. The molecule has 0 aromatic carbocycles. The van der Waals surface area contributed by atoms with Gasteiger partial charge in [0.15, 0.2) is 0 Å². The Balaban J connectivity index is 2.36. The number of amides is 2. The van der Waals surface area contributed by atoms with E-state index in [1.165, 1.54) is 0 Å². The molecule has 0 aromatic heterocycles. The van der Waals surface area contributed by atoms with Crippen LogP contribution in [0.5, 0.6) is 0 Å². The van der Waals surface area contributed by atoms with E-state index in [0.29, 0.717) is 13.2 Å². The highest BCUT2D eigenvalue weighted by Gasteiger charge is 2.37. The monoisotopic (exact) mass is 258 g/mol. The zero-order chi connectivity index (χ0) is 13.4. The van der Waals surface area contributed by atoms with E-state index in [-0.39, 0.29) is 12.5 Å². The molecule has 1 saturated carbocycles. The summed E-state index contributed by atoms with van der Waals surface area (Å²) in [5.74, 6) is -0.864. The molecule has 0 spiro atoms. The third kappa shape index (κ3) is 4.91. The average molecular weight is 258 g/mol. The Kier molecular flexibility index (Phi) is 5.91. The second kappa shape index (κ2) is 7.20. The van der Waals surface area contributed by atoms with Crippen LogP contribution in [-0.4, -0.2) is 42.9 Å². The van der Waals surface area contributed by atoms with Crippen LogP contribution in [0.15, 0.2) is 0 Å². The molecule has 0 aromatic rings. The number of carbonyl (C=O) groups is 2. The number of carbonyl (C=O) groups excluding carboxylic acids is 1. The summed E-state index contributed by atoms with van der Waals surface area (Å²) < 4.78 is 4.88. The van der Waals surface area contributed by atoms with Gasteiger partial charge in [-0.15, -0.1) is 0 Å². The number of nitrogens with one attached hydrogen (secondary N) is 2. The molecule has 1 fully saturated rings. The van der Waals surface area contributed by atoms with Crippen molar-refractivity contribution in [2.24, 2.45) is 0 Å². The third-order valence-electron chi connectivity index (χ3n) is 3.24. The minimum atomic E-state index is -0.864. The second-order valence-electron chi connectivity index (χ2n) is 4.79. The molecule has 6 heteroatoms. The first-order chi connectivity index (χ1) is 8.58. The number of rotatable bonds is 7. The van der Waals surface area contributed by atoms with Crippen molar-refractivity contribution in [1.82, 2.24) is 10.6 Å². The lowest BCUT2D eigenvalue weighted by molar-refractivity contribution is -0.138. The smallest absolute Gasteiger partial charge is 0.315 e. The molecule has 18 heavy (non-hydrogen) atoms. The summed E-state index contributed by atoms with van der Waals surface area (Å²) in [6, 6.07) is -0.283. The van der Waals surface area contributed by atoms with Crippen LogP contribution in [0.3, 0.4) is 0 Å². The zero-order valence-electron chi connectivity index (χ0n) is 10.8. The van der Waals surface area contributed by atoms with Crippen LogP contribution in [0, 0.1) is 0 Å². The topological polar surface area (TPSA) is 87.7 Å². The van der Waals surface area contributed by atoms with Gasteiger partial charge in [0.1, 0.15) is 0 Å². The summed E-state index contributed by atoms with van der Waals surface area (Å²) in [4.78, 5) is 22.5. The summed E-state index contributed by atoms with van der Waals surface area (Å²) in [6.45, 7) is 1.13. The summed E-state index contributed by atoms with van der Waals surface area (Å²) in [6.07, 6.45) is 4.17. The molecule has 0 saturated heterocycles. The van der Waals surface area contributed by atoms with Crippen molar-refractivity contribution in [2.45, 2.75) is 44.1 Å². The van der Waals surface area contributed by atoms with E-state index in [4.69, 9.17) is 9.84 Å². The first-order valence-corrected chi connectivity index (χ1v) is 6.35. The van der Waals surface area contributed by atoms with E-state index < -0.39 is 11.5 Å². The highest BCUT2D eigenvalue weighted by molar-refractivity contribution is 5.76. The minimum Gasteiger partial charge on any atom is -0.481 e. The molecule has 0 atom stereocenters. The molecule has 1 aliphatic carbocycles. The first-order valence-electron chi connectivity index (χ1n) is 6.35. The lowest BCUT2D eigenvalue weighted by Gasteiger charge is -2.28. The number of methoxy groups -OCH3 is 1. The summed E-state index contributed by atoms with van der Waals surface area (Å²) in [7, 11) is 1.61. The van der Waals surface area contributed by atoms with Gasteiger partial charge in [0.2, 0.25) is 0 Å². The quantitative estimate of drug-likeness (QED) is 0.597. The van der Waals surface area contributed by atoms with Crippen molar-refractivity contribution in [1.29, 1.82) is 0 Å². The fraction of sp³-hybridized carbons (Fsp3) is 0.833. The van der Waals surface area contributed by atoms with Gasteiger partial charge in [0, 0.05) is 20.3 Å². The largest absolute Gasteiger partial charge is 0.481 e. The van der Waals surface area contributed by atoms with Gasteiger partial charge in [-0.05, 0) is 19.3 Å². The lowest BCUT2D eigenvalue weighted by atomic mass is 9.93. The Morgan fingerprint density at radius 3 is 2.56 bits per heavy atom. The van der Waals surface area contributed by atoms with Crippen molar-refractivity contribution in [2.75, 3.05) is 20.3 Å². The molecule has 0 bridgehead atoms. The fourth-order valence-corrected chi connectivity index (χ4v) is 2.39. The van der Waals surface area contributed by atoms with E-state index in [1.807, 2.05) is 0 Å². The van der Waals surface area contributed by atoms with Crippen LogP contribution in [0.1, 0.15) is 38.5 Å². The number of hydrogen-bond donors (Lipinski definition) is 3. The van der Waals surface area contributed by atoms with Crippen LogP contribution in [0.25, 0.3) is 0 Å². The number of hydrogen-bond acceptors (Lipinski definition) is 3. The van der Waals surface area contributed by atoms with E-state index in [9.17, 15) is 9.59 Å². The molecule has 0 unspecified atom stereocenters. The molecular formula is C12H22N2O4. The van der Waals surface area contributed by atoms with Crippen molar-refractivity contribution >= 4 is 12.0 Å². The van der Waals surface area contributed by atoms with Gasteiger partial charge in [-0.3, -0.25) is 4.79 Å². The summed E-state index contributed by atoms with van der Waals surface area (Å²) >= 11 is 0. The lowest BCUT2D eigenvalue weighted by Crippen LogP contribution is -2.51. The van der Waals surface area contributed by atoms with Gasteiger partial charge >= 0.3 is 12.0 Å². The fourth-order valence-electron chi connectivity index (χ4n) is 2.39. The average Bonchev–Trinajstić information content (AvgIpc) is 2.71. The number of carboxylic acids is 1. The van der Waals surface area contributed by atoms with Gasteiger partial charge in [-0.25, -0.2) is 4.79 Å². The molecule has 2 amide bonds. The van der Waals surface area contributed by atoms with Crippen molar-refractivity contribution < 1.29 is 19.4 Å². The zero-order valence-corrected chi connectivity index (χ0v) is 10.8. The SMILES string of the molecule is COCCCNC(=O)NC1(CC(=O)O)CCCC1. The van der Waals surface area contributed by atoms with Crippen LogP contribution >= 0.6 is 0 Å². The summed E-state index contributed by atoms with van der Waals surface area (Å²) in [5, 5.41) is 14.5. The van der Waals surface area contributed by atoms with Crippen LogP contribution in [0.4, 0.5) is 4.79 Å². The predicted octanol–water partition coefficient (Wildman–Crippen LogP) is 1.11. The third-order valence-corrected chi connectivity index (χ3v) is 3.24. The summed E-state index contributed by atoms with van der Waals surface area (Å²) in [5.41, 5.74) is -0.558. The van der Waals surface area contributed by atoms with Crippen molar-refractivity contribution in [3.63, 3.8) is 0 Å². The molecule has 0 aliphatic heterocycles. The molecule has 104 valence electrons. The maximum atomic E-state index is 11.7. The number of aliphatic carboxylic acids is 1. The Labute approximate surface area is 107 Å². The molecule has 0 radical (unpaired) electrons. The minimum absolute atomic E-state index is 0.00150. The number of ether oxygens (including phenoxy) is 1. The molecule has 3 N–H and O–H groups in total. The van der Waals surface area contributed by atoms with Gasteiger partial charge < -0.3 is 20.5 Å². The van der Waals surface area contributed by atoms with E-state index >= 15 is 0 Å². The van der Waals surface area contributed by atoms with Crippen LogP contribution in [-0.2, 0) is 9.53 Å². The number of carboxylic acid groups (broad SMARTS) is 1. The van der Waals surface area contributed by atoms with Gasteiger partial charge in [-0.2, -0.15) is 0 Å². The molecular weight excluding hydrogens is 236 g/mol. The van der Waals surface area contributed by atoms with E-state index in [0.717, 1.165) is 32.1 Å². The Morgan fingerprint density at radius 2 is 2.00 bits per heavy atom.